The molecule has 1 aromatic heterocycles. The lowest BCUT2D eigenvalue weighted by Gasteiger charge is -2.08. The molecule has 1 nitrogen and oxygen atoms in total. The lowest BCUT2D eigenvalue weighted by molar-refractivity contribution is 0.104. The third-order valence-electron chi connectivity index (χ3n) is 3.81. The van der Waals surface area contributed by atoms with Crippen molar-refractivity contribution < 1.29 is 4.79 Å². The molecule has 0 unspecified atom stereocenters. The van der Waals surface area contributed by atoms with Crippen molar-refractivity contribution in [3.05, 3.63) is 69.6 Å². The highest BCUT2D eigenvalue weighted by molar-refractivity contribution is 7.17. The fraction of sp³-hybridized carbons (Fsp3) is 0.167. The van der Waals surface area contributed by atoms with E-state index < -0.39 is 0 Å². The summed E-state index contributed by atoms with van der Waals surface area (Å²) in [5.41, 5.74) is 5.08. The first-order valence-corrected chi connectivity index (χ1v) is 7.54. The van der Waals surface area contributed by atoms with Gasteiger partial charge < -0.3 is 0 Å². The molecule has 0 saturated carbocycles. The van der Waals surface area contributed by atoms with Crippen LogP contribution in [0.5, 0.6) is 0 Å². The fourth-order valence-corrected chi connectivity index (χ4v) is 3.44. The standard InChI is InChI=1S/C18H16OS/c1-11-8-13(3)15(9-12(11)2)18(19)16-10-20-17-7-5-4-6-14(16)17/h4-10H,1-3H3. The lowest BCUT2D eigenvalue weighted by Crippen LogP contribution is -2.04. The van der Waals surface area contributed by atoms with Crippen molar-refractivity contribution >= 4 is 27.2 Å². The summed E-state index contributed by atoms with van der Waals surface area (Å²) in [6.07, 6.45) is 0. The molecule has 0 aliphatic heterocycles. The van der Waals surface area contributed by atoms with Crippen molar-refractivity contribution in [2.45, 2.75) is 20.8 Å². The molecule has 100 valence electrons. The average molecular weight is 280 g/mol. The Kier molecular flexibility index (Phi) is 3.19. The van der Waals surface area contributed by atoms with Crippen LogP contribution in [0.3, 0.4) is 0 Å². The number of aryl methyl sites for hydroxylation is 3. The summed E-state index contributed by atoms with van der Waals surface area (Å²) in [4.78, 5) is 12.8. The van der Waals surface area contributed by atoms with E-state index in [1.54, 1.807) is 11.3 Å². The molecule has 1 heterocycles. The number of thiophene rings is 1. The minimum absolute atomic E-state index is 0.128. The first kappa shape index (κ1) is 13.1. The van der Waals surface area contributed by atoms with E-state index >= 15 is 0 Å². The van der Waals surface area contributed by atoms with Gasteiger partial charge >= 0.3 is 0 Å². The van der Waals surface area contributed by atoms with Gasteiger partial charge in [0.15, 0.2) is 5.78 Å². The molecule has 0 bridgehead atoms. The second kappa shape index (κ2) is 4.88. The summed E-state index contributed by atoms with van der Waals surface area (Å²) in [5.74, 6) is 0.128. The van der Waals surface area contributed by atoms with Gasteiger partial charge in [-0.05, 0) is 49.6 Å². The Morgan fingerprint density at radius 2 is 1.60 bits per heavy atom. The summed E-state index contributed by atoms with van der Waals surface area (Å²) < 4.78 is 1.16. The van der Waals surface area contributed by atoms with Crippen LogP contribution >= 0.6 is 11.3 Å². The van der Waals surface area contributed by atoms with Crippen LogP contribution in [-0.2, 0) is 0 Å². The van der Waals surface area contributed by atoms with Crippen LogP contribution in [0.2, 0.25) is 0 Å². The SMILES string of the molecule is Cc1cc(C)c(C(=O)c2csc3ccccc23)cc1C. The summed E-state index contributed by atoms with van der Waals surface area (Å²) in [6.45, 7) is 6.14. The monoisotopic (exact) mass is 280 g/mol. The van der Waals surface area contributed by atoms with Gasteiger partial charge in [0, 0.05) is 26.6 Å². The molecular formula is C18H16OS. The summed E-state index contributed by atoms with van der Waals surface area (Å²) in [7, 11) is 0. The third kappa shape index (κ3) is 2.06. The summed E-state index contributed by atoms with van der Waals surface area (Å²) in [5, 5.41) is 3.03. The van der Waals surface area contributed by atoms with E-state index in [-0.39, 0.29) is 5.78 Å². The molecule has 0 N–H and O–H groups in total. The second-order valence-electron chi connectivity index (χ2n) is 5.23. The van der Waals surface area contributed by atoms with Gasteiger partial charge in [-0.25, -0.2) is 0 Å². The number of fused-ring (bicyclic) bond motifs is 1. The fourth-order valence-electron chi connectivity index (χ4n) is 2.50. The summed E-state index contributed by atoms with van der Waals surface area (Å²) in [6, 6.07) is 12.2. The molecular weight excluding hydrogens is 264 g/mol. The Labute approximate surface area is 122 Å². The third-order valence-corrected chi connectivity index (χ3v) is 4.77. The maximum Gasteiger partial charge on any atom is 0.194 e. The van der Waals surface area contributed by atoms with E-state index in [0.29, 0.717) is 0 Å². The van der Waals surface area contributed by atoms with E-state index in [9.17, 15) is 4.79 Å². The highest BCUT2D eigenvalue weighted by Crippen LogP contribution is 2.29. The second-order valence-corrected chi connectivity index (χ2v) is 6.14. The molecule has 3 aromatic rings. The van der Waals surface area contributed by atoms with E-state index in [0.717, 1.165) is 26.8 Å². The Balaban J connectivity index is 2.16. The van der Waals surface area contributed by atoms with Crippen molar-refractivity contribution in [3.63, 3.8) is 0 Å². The van der Waals surface area contributed by atoms with Crippen LogP contribution in [0.1, 0.15) is 32.6 Å². The molecule has 0 spiro atoms. The number of rotatable bonds is 2. The largest absolute Gasteiger partial charge is 0.289 e. The van der Waals surface area contributed by atoms with Gasteiger partial charge in [-0.3, -0.25) is 4.79 Å². The Morgan fingerprint density at radius 1 is 0.900 bits per heavy atom. The van der Waals surface area contributed by atoms with Crippen molar-refractivity contribution in [3.8, 4) is 0 Å². The zero-order valence-electron chi connectivity index (χ0n) is 11.9. The van der Waals surface area contributed by atoms with Gasteiger partial charge in [-0.2, -0.15) is 0 Å². The predicted octanol–water partition coefficient (Wildman–Crippen LogP) is 5.06. The van der Waals surface area contributed by atoms with Crippen LogP contribution in [0.15, 0.2) is 41.8 Å². The number of carbonyl (C=O) groups is 1. The van der Waals surface area contributed by atoms with E-state index in [4.69, 9.17) is 0 Å². The Hall–Kier alpha value is -1.93. The van der Waals surface area contributed by atoms with Gasteiger partial charge in [0.25, 0.3) is 0 Å². The topological polar surface area (TPSA) is 17.1 Å². The highest BCUT2D eigenvalue weighted by Gasteiger charge is 2.16. The molecule has 0 saturated heterocycles. The number of ketones is 1. The number of carbonyl (C=O) groups excluding carboxylic acids is 1. The zero-order valence-corrected chi connectivity index (χ0v) is 12.7. The van der Waals surface area contributed by atoms with Crippen LogP contribution in [0, 0.1) is 20.8 Å². The first-order chi connectivity index (χ1) is 9.58. The minimum atomic E-state index is 0.128. The quantitative estimate of drug-likeness (QED) is 0.600. The van der Waals surface area contributed by atoms with Crippen LogP contribution < -0.4 is 0 Å². The van der Waals surface area contributed by atoms with Gasteiger partial charge in [0.05, 0.1) is 0 Å². The normalized spacial score (nSPS) is 10.9. The highest BCUT2D eigenvalue weighted by atomic mass is 32.1. The number of hydrogen-bond donors (Lipinski definition) is 0. The van der Waals surface area contributed by atoms with E-state index in [1.165, 1.54) is 11.1 Å². The molecule has 20 heavy (non-hydrogen) atoms. The van der Waals surface area contributed by atoms with Crippen LogP contribution in [0.4, 0.5) is 0 Å². The lowest BCUT2D eigenvalue weighted by atomic mass is 9.94. The number of benzene rings is 2. The molecule has 0 radical (unpaired) electrons. The van der Waals surface area contributed by atoms with Crippen molar-refractivity contribution in [1.82, 2.24) is 0 Å². The van der Waals surface area contributed by atoms with Gasteiger partial charge in [-0.15, -0.1) is 11.3 Å². The van der Waals surface area contributed by atoms with Gasteiger partial charge in [-0.1, -0.05) is 24.3 Å². The van der Waals surface area contributed by atoms with Gasteiger partial charge in [0.1, 0.15) is 0 Å². The zero-order chi connectivity index (χ0) is 14.3. The molecule has 2 aromatic carbocycles. The Morgan fingerprint density at radius 3 is 2.40 bits per heavy atom. The smallest absolute Gasteiger partial charge is 0.194 e. The molecule has 0 amide bonds. The predicted molar refractivity (Wildman–Crippen MR) is 85.9 cm³/mol. The average Bonchev–Trinajstić information content (AvgIpc) is 2.86. The molecule has 3 rings (SSSR count). The molecule has 0 aliphatic rings. The number of hydrogen-bond acceptors (Lipinski definition) is 2. The summed E-state index contributed by atoms with van der Waals surface area (Å²) >= 11 is 1.63. The van der Waals surface area contributed by atoms with Crippen LogP contribution in [-0.4, -0.2) is 5.78 Å². The van der Waals surface area contributed by atoms with Crippen molar-refractivity contribution in [2.24, 2.45) is 0 Å². The first-order valence-electron chi connectivity index (χ1n) is 6.66. The minimum Gasteiger partial charge on any atom is -0.289 e. The van der Waals surface area contributed by atoms with E-state index in [2.05, 4.69) is 26.0 Å². The van der Waals surface area contributed by atoms with Crippen molar-refractivity contribution in [2.75, 3.05) is 0 Å². The molecule has 0 aliphatic carbocycles. The van der Waals surface area contributed by atoms with Gasteiger partial charge in [0.2, 0.25) is 0 Å². The van der Waals surface area contributed by atoms with E-state index in [1.807, 2.05) is 36.6 Å². The van der Waals surface area contributed by atoms with Crippen molar-refractivity contribution in [1.29, 1.82) is 0 Å². The Bertz CT molecular complexity index is 811. The molecule has 0 atom stereocenters. The molecule has 0 fully saturated rings. The maximum atomic E-state index is 12.8. The maximum absolute atomic E-state index is 12.8. The van der Waals surface area contributed by atoms with Crippen LogP contribution in [0.25, 0.3) is 10.1 Å². The molecule has 2 heteroatoms.